The normalized spacial score (nSPS) is 11.5. The molecule has 0 radical (unpaired) electrons. The Morgan fingerprint density at radius 2 is 1.26 bits per heavy atom. The highest BCUT2D eigenvalue weighted by molar-refractivity contribution is 7.90. The number of benzene rings is 2. The van der Waals surface area contributed by atoms with Crippen molar-refractivity contribution in [2.45, 2.75) is 10.9 Å². The first-order chi connectivity index (χ1) is 14.9. The Hall–Kier alpha value is -3.22. The Kier molecular flexibility index (Phi) is 6.02. The van der Waals surface area contributed by atoms with E-state index >= 15 is 0 Å². The number of halogens is 1. The summed E-state index contributed by atoms with van der Waals surface area (Å²) in [6.07, 6.45) is 8.32. The zero-order chi connectivity index (χ0) is 21.8. The van der Waals surface area contributed by atoms with Gasteiger partial charge >= 0.3 is 0 Å². The molecule has 156 valence electrons. The van der Waals surface area contributed by atoms with Gasteiger partial charge in [0.25, 0.3) is 0 Å². The second kappa shape index (κ2) is 8.88. The van der Waals surface area contributed by atoms with Crippen molar-refractivity contribution in [1.29, 1.82) is 0 Å². The van der Waals surface area contributed by atoms with Crippen molar-refractivity contribution >= 4 is 32.8 Å². The van der Waals surface area contributed by atoms with Gasteiger partial charge in [0.2, 0.25) is 0 Å². The molecule has 4 rings (SSSR count). The van der Waals surface area contributed by atoms with Crippen LogP contribution in [0.4, 0.5) is 11.4 Å². The summed E-state index contributed by atoms with van der Waals surface area (Å²) in [5, 5.41) is 0.635. The summed E-state index contributed by atoms with van der Waals surface area (Å²) < 4.78 is 23.9. The largest absolute Gasteiger partial charge is 0.330 e. The monoisotopic (exact) mass is 449 g/mol. The van der Waals surface area contributed by atoms with Crippen molar-refractivity contribution in [2.24, 2.45) is 0 Å². The number of rotatable bonds is 6. The van der Waals surface area contributed by atoms with E-state index in [1.54, 1.807) is 24.5 Å². The van der Waals surface area contributed by atoms with Crippen LogP contribution in [0.2, 0.25) is 5.02 Å². The van der Waals surface area contributed by atoms with Gasteiger partial charge in [0.1, 0.15) is 0 Å². The Balaban J connectivity index is 1.92. The van der Waals surface area contributed by atoms with E-state index in [1.165, 1.54) is 6.26 Å². The molecule has 0 unspecified atom stereocenters. The van der Waals surface area contributed by atoms with Crippen molar-refractivity contribution in [3.8, 4) is 0 Å². The standard InChI is InChI=1S/C24H20ClN3O2S/c1-31(29,30)23-12-10-22(11-13-23)28(21-8-6-20(25)7-9-21)24(18-4-2-14-26-16-18)19-5-3-15-27-17-19/h2-17,24H,1H3. The molecule has 0 amide bonds. The molecular formula is C24H20ClN3O2S. The Morgan fingerprint density at radius 1 is 0.774 bits per heavy atom. The maximum absolute atomic E-state index is 12.0. The summed E-state index contributed by atoms with van der Waals surface area (Å²) in [7, 11) is -3.30. The van der Waals surface area contributed by atoms with Crippen LogP contribution in [0, 0.1) is 0 Å². The number of pyridine rings is 2. The van der Waals surface area contributed by atoms with E-state index in [4.69, 9.17) is 11.6 Å². The molecule has 0 spiro atoms. The SMILES string of the molecule is CS(=O)(=O)c1ccc(N(c2ccc(Cl)cc2)C(c2cccnc2)c2cccnc2)cc1. The molecule has 0 N–H and O–H groups in total. The molecule has 0 aliphatic carbocycles. The van der Waals surface area contributed by atoms with Gasteiger partial charge < -0.3 is 4.90 Å². The molecule has 0 fully saturated rings. The van der Waals surface area contributed by atoms with E-state index in [2.05, 4.69) is 14.9 Å². The maximum atomic E-state index is 12.0. The fourth-order valence-electron chi connectivity index (χ4n) is 3.47. The lowest BCUT2D eigenvalue weighted by atomic mass is 9.98. The third-order valence-electron chi connectivity index (χ3n) is 4.91. The first-order valence-electron chi connectivity index (χ1n) is 9.58. The van der Waals surface area contributed by atoms with Crippen LogP contribution in [0.15, 0.2) is 102 Å². The van der Waals surface area contributed by atoms with E-state index in [1.807, 2.05) is 73.1 Å². The maximum Gasteiger partial charge on any atom is 0.175 e. The predicted molar refractivity (Wildman–Crippen MR) is 123 cm³/mol. The van der Waals surface area contributed by atoms with Crippen LogP contribution in [0.3, 0.4) is 0 Å². The van der Waals surface area contributed by atoms with Gasteiger partial charge in [-0.1, -0.05) is 23.7 Å². The summed E-state index contributed by atoms with van der Waals surface area (Å²) in [6, 6.07) is 22.0. The van der Waals surface area contributed by atoms with Crippen LogP contribution < -0.4 is 4.90 Å². The second-order valence-corrected chi connectivity index (χ2v) is 9.54. The molecule has 5 nitrogen and oxygen atoms in total. The fourth-order valence-corrected chi connectivity index (χ4v) is 4.23. The lowest BCUT2D eigenvalue weighted by Crippen LogP contribution is -2.25. The summed E-state index contributed by atoms with van der Waals surface area (Å²) in [4.78, 5) is 11.0. The zero-order valence-electron chi connectivity index (χ0n) is 16.8. The summed E-state index contributed by atoms with van der Waals surface area (Å²) >= 11 is 6.14. The number of aromatic nitrogens is 2. The molecule has 2 heterocycles. The number of hydrogen-bond donors (Lipinski definition) is 0. The topological polar surface area (TPSA) is 63.2 Å². The van der Waals surface area contributed by atoms with Gasteiger partial charge in [-0.15, -0.1) is 0 Å². The minimum absolute atomic E-state index is 0.243. The first kappa shape index (κ1) is 21.0. The lowest BCUT2D eigenvalue weighted by molar-refractivity contribution is 0.602. The third kappa shape index (κ3) is 4.76. The fraction of sp³-hybridized carbons (Fsp3) is 0.0833. The van der Waals surface area contributed by atoms with Crippen LogP contribution >= 0.6 is 11.6 Å². The number of anilines is 2. The molecule has 0 atom stereocenters. The average Bonchev–Trinajstić information content (AvgIpc) is 2.79. The van der Waals surface area contributed by atoms with Crippen LogP contribution in [0.25, 0.3) is 0 Å². The van der Waals surface area contributed by atoms with Gasteiger partial charge in [0.05, 0.1) is 10.9 Å². The van der Waals surface area contributed by atoms with Gasteiger partial charge in [-0.2, -0.15) is 0 Å². The quantitative estimate of drug-likeness (QED) is 0.391. The Bertz CT molecular complexity index is 1210. The van der Waals surface area contributed by atoms with Gasteiger partial charge in [-0.25, -0.2) is 8.42 Å². The van der Waals surface area contributed by atoms with Crippen molar-refractivity contribution in [2.75, 3.05) is 11.2 Å². The van der Waals surface area contributed by atoms with Crippen LogP contribution in [0.1, 0.15) is 17.2 Å². The van der Waals surface area contributed by atoms with Gasteiger partial charge in [0.15, 0.2) is 9.84 Å². The molecule has 7 heteroatoms. The summed E-state index contributed by atoms with van der Waals surface area (Å²) in [5.41, 5.74) is 3.66. The molecule has 0 saturated carbocycles. The smallest absolute Gasteiger partial charge is 0.175 e. The molecule has 31 heavy (non-hydrogen) atoms. The van der Waals surface area contributed by atoms with Gasteiger partial charge in [-0.05, 0) is 71.8 Å². The molecule has 2 aromatic carbocycles. The Labute approximate surface area is 186 Å². The molecule has 2 aromatic heterocycles. The molecule has 0 saturated heterocycles. The highest BCUT2D eigenvalue weighted by Crippen LogP contribution is 2.39. The summed E-state index contributed by atoms with van der Waals surface area (Å²) in [6.45, 7) is 0. The van der Waals surface area contributed by atoms with Gasteiger partial charge in [-0.3, -0.25) is 9.97 Å². The van der Waals surface area contributed by atoms with E-state index < -0.39 is 9.84 Å². The third-order valence-corrected chi connectivity index (χ3v) is 6.29. The molecular weight excluding hydrogens is 430 g/mol. The molecule has 0 aliphatic rings. The predicted octanol–water partition coefficient (Wildman–Crippen LogP) is 5.46. The number of sulfone groups is 1. The highest BCUT2D eigenvalue weighted by atomic mass is 35.5. The minimum Gasteiger partial charge on any atom is -0.330 e. The van der Waals surface area contributed by atoms with Crippen LogP contribution in [-0.2, 0) is 9.84 Å². The van der Waals surface area contributed by atoms with E-state index in [0.29, 0.717) is 5.02 Å². The second-order valence-electron chi connectivity index (χ2n) is 7.09. The number of nitrogens with zero attached hydrogens (tertiary/aromatic N) is 3. The zero-order valence-corrected chi connectivity index (χ0v) is 18.3. The van der Waals surface area contributed by atoms with Gasteiger partial charge in [0, 0.05) is 47.4 Å². The molecule has 0 bridgehead atoms. The van der Waals surface area contributed by atoms with E-state index in [0.717, 1.165) is 22.5 Å². The summed E-state index contributed by atoms with van der Waals surface area (Å²) in [5.74, 6) is 0. The molecule has 0 aliphatic heterocycles. The Morgan fingerprint density at radius 3 is 1.68 bits per heavy atom. The molecule has 4 aromatic rings. The van der Waals surface area contributed by atoms with E-state index in [-0.39, 0.29) is 10.9 Å². The highest BCUT2D eigenvalue weighted by Gasteiger charge is 2.25. The first-order valence-corrected chi connectivity index (χ1v) is 11.9. The van der Waals surface area contributed by atoms with Crippen molar-refractivity contribution in [3.05, 3.63) is 114 Å². The van der Waals surface area contributed by atoms with Crippen molar-refractivity contribution < 1.29 is 8.42 Å². The van der Waals surface area contributed by atoms with E-state index in [9.17, 15) is 8.42 Å². The number of hydrogen-bond acceptors (Lipinski definition) is 5. The minimum atomic E-state index is -3.30. The van der Waals surface area contributed by atoms with Crippen molar-refractivity contribution in [3.63, 3.8) is 0 Å². The lowest BCUT2D eigenvalue weighted by Gasteiger charge is -2.34. The van der Waals surface area contributed by atoms with Crippen LogP contribution in [0.5, 0.6) is 0 Å². The van der Waals surface area contributed by atoms with Crippen molar-refractivity contribution in [1.82, 2.24) is 9.97 Å². The average molecular weight is 450 g/mol. The van der Waals surface area contributed by atoms with Crippen LogP contribution in [-0.4, -0.2) is 24.6 Å².